The van der Waals surface area contributed by atoms with Crippen LogP contribution < -0.4 is 11.2 Å². The molecule has 2 aliphatic heterocycles. The van der Waals surface area contributed by atoms with E-state index in [4.69, 9.17) is 23.8 Å². The van der Waals surface area contributed by atoms with Crippen LogP contribution in [0.15, 0.2) is 17.1 Å². The van der Waals surface area contributed by atoms with Gasteiger partial charge in [0.1, 0.15) is 24.9 Å². The summed E-state index contributed by atoms with van der Waals surface area (Å²) in [6, 6.07) is 1.47. The van der Waals surface area contributed by atoms with Crippen LogP contribution in [0.3, 0.4) is 0 Å². The number of nitrogens with one attached hydrogen (secondary N) is 1. The first-order chi connectivity index (χ1) is 14.5. The van der Waals surface area contributed by atoms with Gasteiger partial charge in [-0.3, -0.25) is 9.36 Å². The van der Waals surface area contributed by atoms with Crippen molar-refractivity contribution in [1.82, 2.24) is 9.55 Å². The van der Waals surface area contributed by atoms with Crippen LogP contribution in [0.25, 0.3) is 0 Å². The number of ether oxygens (including phenoxy) is 4. The van der Waals surface area contributed by atoms with E-state index in [-0.39, 0.29) is 30.2 Å². The number of anilines is 1. The molecule has 0 radical (unpaired) electrons. The number of carbonyl (C=O) groups excluding carboxylic acids is 2. The van der Waals surface area contributed by atoms with Crippen molar-refractivity contribution in [1.29, 1.82) is 0 Å². The quantitative estimate of drug-likeness (QED) is 0.492. The Hall–Kier alpha value is -2.50. The predicted octanol–water partition coefficient (Wildman–Crippen LogP) is 1.39. The SMILES string of the molecule is CC(C)C(=O)OC[C@H]1O[C@@H](n2ccc(NOC(=O)C(C)C)nc2=O)[C@@H]2OC(C)(C)O[C@@H]21. The maximum Gasteiger partial charge on any atom is 0.351 e. The molecule has 11 nitrogen and oxygen atoms in total. The summed E-state index contributed by atoms with van der Waals surface area (Å²) < 4.78 is 24.4. The summed E-state index contributed by atoms with van der Waals surface area (Å²) in [5, 5.41) is 0. The van der Waals surface area contributed by atoms with Crippen LogP contribution >= 0.6 is 0 Å². The van der Waals surface area contributed by atoms with Gasteiger partial charge in [0.05, 0.1) is 11.8 Å². The van der Waals surface area contributed by atoms with Gasteiger partial charge in [-0.05, 0) is 13.8 Å². The zero-order valence-corrected chi connectivity index (χ0v) is 18.5. The Bertz CT molecular complexity index is 881. The lowest BCUT2D eigenvalue weighted by atomic mass is 10.1. The van der Waals surface area contributed by atoms with E-state index in [0.29, 0.717) is 0 Å². The maximum atomic E-state index is 12.6. The van der Waals surface area contributed by atoms with Gasteiger partial charge in [-0.15, -0.1) is 0 Å². The highest BCUT2D eigenvalue weighted by molar-refractivity contribution is 5.72. The van der Waals surface area contributed by atoms with E-state index in [9.17, 15) is 14.4 Å². The Morgan fingerprint density at radius 1 is 1.16 bits per heavy atom. The molecule has 2 aliphatic rings. The summed E-state index contributed by atoms with van der Waals surface area (Å²) in [5.74, 6) is -2.25. The molecule has 2 fully saturated rings. The Morgan fingerprint density at radius 2 is 1.81 bits per heavy atom. The fourth-order valence-electron chi connectivity index (χ4n) is 3.23. The largest absolute Gasteiger partial charge is 0.463 e. The second-order valence-electron chi connectivity index (χ2n) is 8.60. The number of aromatic nitrogens is 2. The number of hydrogen-bond acceptors (Lipinski definition) is 10. The van der Waals surface area contributed by atoms with Crippen molar-refractivity contribution in [3.8, 4) is 0 Å². The predicted molar refractivity (Wildman–Crippen MR) is 107 cm³/mol. The summed E-state index contributed by atoms with van der Waals surface area (Å²) in [4.78, 5) is 44.8. The molecule has 0 spiro atoms. The van der Waals surface area contributed by atoms with E-state index in [2.05, 4.69) is 10.5 Å². The third-order valence-electron chi connectivity index (χ3n) is 4.82. The van der Waals surface area contributed by atoms with Gasteiger partial charge in [0.25, 0.3) is 0 Å². The van der Waals surface area contributed by atoms with Crippen LogP contribution in [0.1, 0.15) is 47.8 Å². The average Bonchev–Trinajstić information content (AvgIpc) is 3.17. The minimum atomic E-state index is -0.888. The van der Waals surface area contributed by atoms with E-state index in [1.807, 2.05) is 0 Å². The number of carbonyl (C=O) groups is 2. The highest BCUT2D eigenvalue weighted by Crippen LogP contribution is 2.42. The van der Waals surface area contributed by atoms with Gasteiger partial charge >= 0.3 is 17.6 Å². The van der Waals surface area contributed by atoms with Gasteiger partial charge in [0.15, 0.2) is 17.8 Å². The first-order valence-corrected chi connectivity index (χ1v) is 10.2. The highest BCUT2D eigenvalue weighted by Gasteiger charge is 2.56. The molecule has 0 aliphatic carbocycles. The molecular formula is C20H29N3O8. The van der Waals surface area contributed by atoms with Crippen molar-refractivity contribution in [2.45, 2.75) is 71.9 Å². The Labute approximate surface area is 179 Å². The third kappa shape index (κ3) is 5.23. The van der Waals surface area contributed by atoms with Crippen molar-refractivity contribution in [3.05, 3.63) is 22.7 Å². The number of hydrogen-bond donors (Lipinski definition) is 1. The Kier molecular flexibility index (Phi) is 6.68. The van der Waals surface area contributed by atoms with Gasteiger partial charge in [-0.1, -0.05) is 27.7 Å². The molecule has 1 aromatic rings. The summed E-state index contributed by atoms with van der Waals surface area (Å²) >= 11 is 0. The minimum Gasteiger partial charge on any atom is -0.463 e. The first-order valence-electron chi connectivity index (χ1n) is 10.2. The molecular weight excluding hydrogens is 410 g/mol. The number of esters is 1. The fourth-order valence-corrected chi connectivity index (χ4v) is 3.23. The zero-order valence-electron chi connectivity index (χ0n) is 18.5. The summed E-state index contributed by atoms with van der Waals surface area (Å²) in [6.07, 6.45) is -1.12. The van der Waals surface area contributed by atoms with Crippen LogP contribution in [0.4, 0.5) is 5.82 Å². The van der Waals surface area contributed by atoms with E-state index in [0.717, 1.165) is 0 Å². The van der Waals surface area contributed by atoms with Gasteiger partial charge in [-0.2, -0.15) is 4.98 Å². The van der Waals surface area contributed by atoms with Crippen molar-refractivity contribution in [2.75, 3.05) is 12.1 Å². The van der Waals surface area contributed by atoms with Gasteiger partial charge in [-0.25, -0.2) is 15.1 Å². The smallest absolute Gasteiger partial charge is 0.351 e. The van der Waals surface area contributed by atoms with Crippen LogP contribution in [0.5, 0.6) is 0 Å². The first kappa shape index (κ1) is 23.2. The van der Waals surface area contributed by atoms with Gasteiger partial charge in [0, 0.05) is 12.3 Å². The van der Waals surface area contributed by atoms with Crippen molar-refractivity contribution in [2.24, 2.45) is 11.8 Å². The highest BCUT2D eigenvalue weighted by atomic mass is 16.8. The summed E-state index contributed by atoms with van der Waals surface area (Å²) in [7, 11) is 0. The second kappa shape index (κ2) is 8.93. The molecule has 1 aromatic heterocycles. The van der Waals surface area contributed by atoms with Crippen LogP contribution in [0, 0.1) is 11.8 Å². The van der Waals surface area contributed by atoms with E-state index < -0.39 is 42.0 Å². The van der Waals surface area contributed by atoms with Gasteiger partial charge in [0.2, 0.25) is 0 Å². The minimum absolute atomic E-state index is 0.0267. The van der Waals surface area contributed by atoms with Gasteiger partial charge < -0.3 is 23.8 Å². The zero-order chi connectivity index (χ0) is 22.9. The Morgan fingerprint density at radius 3 is 2.42 bits per heavy atom. The molecule has 0 unspecified atom stereocenters. The lowest BCUT2D eigenvalue weighted by molar-refractivity contribution is -0.203. The van der Waals surface area contributed by atoms with Crippen molar-refractivity contribution in [3.63, 3.8) is 0 Å². The standard InChI is InChI=1S/C20H29N3O8/c1-10(2)17(24)27-9-12-14-15(30-20(5,6)29-14)16(28-12)23-8-7-13(21-19(23)26)22-31-18(25)11(3)4/h7-8,10-12,14-16H,9H2,1-6H3,(H,21,22,26)/t12-,14-,15-,16-/m1/s1. The van der Waals surface area contributed by atoms with Crippen LogP contribution in [-0.4, -0.2) is 52.2 Å². The molecule has 0 amide bonds. The lowest BCUT2D eigenvalue weighted by Gasteiger charge is -2.25. The molecule has 4 atom stereocenters. The van der Waals surface area contributed by atoms with Crippen LogP contribution in [0.2, 0.25) is 0 Å². The van der Waals surface area contributed by atoms with E-state index in [1.54, 1.807) is 41.5 Å². The van der Waals surface area contributed by atoms with E-state index >= 15 is 0 Å². The maximum absolute atomic E-state index is 12.6. The molecule has 31 heavy (non-hydrogen) atoms. The third-order valence-corrected chi connectivity index (χ3v) is 4.82. The number of nitrogens with zero attached hydrogens (tertiary/aromatic N) is 2. The number of fused-ring (bicyclic) bond motifs is 1. The normalized spacial score (nSPS) is 26.7. The molecule has 3 rings (SSSR count). The molecule has 11 heteroatoms. The lowest BCUT2D eigenvalue weighted by Crippen LogP contribution is -2.35. The fraction of sp³-hybridized carbons (Fsp3) is 0.700. The molecule has 0 bridgehead atoms. The van der Waals surface area contributed by atoms with Crippen molar-refractivity contribution >= 4 is 17.8 Å². The summed E-state index contributed by atoms with van der Waals surface area (Å²) in [5.41, 5.74) is 1.73. The molecule has 3 heterocycles. The van der Waals surface area contributed by atoms with E-state index in [1.165, 1.54) is 16.8 Å². The van der Waals surface area contributed by atoms with Crippen LogP contribution in [-0.2, 0) is 33.4 Å². The molecule has 172 valence electrons. The monoisotopic (exact) mass is 439 g/mol. The molecule has 0 saturated carbocycles. The summed E-state index contributed by atoms with van der Waals surface area (Å²) in [6.45, 7) is 10.3. The van der Waals surface area contributed by atoms with Crippen molar-refractivity contribution < 1.29 is 33.4 Å². The average molecular weight is 439 g/mol. The molecule has 1 N–H and O–H groups in total. The molecule has 0 aromatic carbocycles. The number of rotatable bonds is 7. The molecule has 2 saturated heterocycles. The Balaban J connectivity index is 1.75. The topological polar surface area (TPSA) is 127 Å². The second-order valence-corrected chi connectivity index (χ2v) is 8.60.